The first kappa shape index (κ1) is 20.2. The number of hydrogen-bond acceptors (Lipinski definition) is 4. The second-order valence-electron chi connectivity index (χ2n) is 6.98. The van der Waals surface area contributed by atoms with Crippen molar-refractivity contribution in [2.75, 3.05) is 12.4 Å². The van der Waals surface area contributed by atoms with Crippen LogP contribution in [0.3, 0.4) is 0 Å². The molecule has 1 fully saturated rings. The van der Waals surface area contributed by atoms with E-state index in [1.165, 1.54) is 11.8 Å². The number of nitrogens with zero attached hydrogens (tertiary/aromatic N) is 1. The summed E-state index contributed by atoms with van der Waals surface area (Å²) >= 11 is 5.04. The van der Waals surface area contributed by atoms with Crippen LogP contribution in [0.15, 0.2) is 45.8 Å². The monoisotopic (exact) mass is 449 g/mol. The molecule has 1 saturated heterocycles. The third-order valence-corrected chi connectivity index (χ3v) is 7.16. The molecule has 2 aromatic rings. The van der Waals surface area contributed by atoms with E-state index < -0.39 is 0 Å². The maximum absolute atomic E-state index is 12.4. The zero-order valence-electron chi connectivity index (χ0n) is 15.6. The molecule has 1 aliphatic rings. The molecule has 1 heterocycles. The van der Waals surface area contributed by atoms with Crippen LogP contribution in [0.2, 0.25) is 0 Å². The molecule has 1 amide bonds. The molecule has 0 unspecified atom stereocenters. The first-order valence-corrected chi connectivity index (χ1v) is 11.0. The molecule has 4 nitrogen and oxygen atoms in total. The van der Waals surface area contributed by atoms with Crippen molar-refractivity contribution in [2.45, 2.75) is 50.1 Å². The summed E-state index contributed by atoms with van der Waals surface area (Å²) in [6, 6.07) is 12.5. The second-order valence-corrected chi connectivity index (χ2v) is 8.79. The number of ether oxygens (including phenoxy) is 1. The highest BCUT2D eigenvalue weighted by Gasteiger charge is 2.29. The Morgan fingerprint density at radius 3 is 2.59 bits per heavy atom. The highest BCUT2D eigenvalue weighted by Crippen LogP contribution is 2.34. The van der Waals surface area contributed by atoms with Gasteiger partial charge in [0, 0.05) is 21.5 Å². The van der Waals surface area contributed by atoms with E-state index in [4.69, 9.17) is 4.74 Å². The van der Waals surface area contributed by atoms with E-state index in [9.17, 15) is 9.59 Å². The maximum atomic E-state index is 12.4. The Kier molecular flexibility index (Phi) is 6.82. The van der Waals surface area contributed by atoms with E-state index in [1.807, 2.05) is 35.2 Å². The molecule has 2 aromatic carbocycles. The Morgan fingerprint density at radius 1 is 1.15 bits per heavy atom. The van der Waals surface area contributed by atoms with Gasteiger partial charge in [0.25, 0.3) is 5.91 Å². The number of esters is 1. The first-order chi connectivity index (χ1) is 13.0. The van der Waals surface area contributed by atoms with Gasteiger partial charge in [0.1, 0.15) is 0 Å². The van der Waals surface area contributed by atoms with Gasteiger partial charge in [-0.2, -0.15) is 0 Å². The summed E-state index contributed by atoms with van der Waals surface area (Å²) in [5, 5.41) is 2.26. The molecule has 27 heavy (non-hydrogen) atoms. The molecule has 0 N–H and O–H groups in total. The van der Waals surface area contributed by atoms with Crippen LogP contribution in [0.25, 0.3) is 10.8 Å². The van der Waals surface area contributed by atoms with Gasteiger partial charge in [0.05, 0.1) is 5.75 Å². The number of carbonyl (C=O) groups is 2. The minimum Gasteiger partial charge on any atom is -0.455 e. The van der Waals surface area contributed by atoms with Crippen molar-refractivity contribution in [2.24, 2.45) is 0 Å². The third kappa shape index (κ3) is 4.85. The summed E-state index contributed by atoms with van der Waals surface area (Å²) in [7, 11) is 0. The van der Waals surface area contributed by atoms with Gasteiger partial charge < -0.3 is 9.64 Å². The third-order valence-electron chi connectivity index (χ3n) is 5.01. The molecular formula is C21H24BrNO3S. The predicted octanol–water partition coefficient (Wildman–Crippen LogP) is 5.03. The quantitative estimate of drug-likeness (QED) is 0.474. The summed E-state index contributed by atoms with van der Waals surface area (Å²) in [6.07, 6.45) is 3.16. The van der Waals surface area contributed by atoms with Gasteiger partial charge >= 0.3 is 5.97 Å². The molecule has 1 aliphatic heterocycles. The molecule has 3 rings (SSSR count). The Balaban J connectivity index is 1.53. The van der Waals surface area contributed by atoms with Crippen molar-refractivity contribution >= 4 is 50.3 Å². The zero-order valence-corrected chi connectivity index (χ0v) is 18.0. The molecule has 0 spiro atoms. The number of piperidine rings is 1. The number of hydrogen-bond donors (Lipinski definition) is 0. The van der Waals surface area contributed by atoms with Crippen LogP contribution < -0.4 is 0 Å². The summed E-state index contributed by atoms with van der Waals surface area (Å²) < 4.78 is 6.21. The largest absolute Gasteiger partial charge is 0.455 e. The second kappa shape index (κ2) is 9.11. The van der Waals surface area contributed by atoms with Crippen LogP contribution in [-0.4, -0.2) is 41.2 Å². The van der Waals surface area contributed by atoms with Crippen molar-refractivity contribution < 1.29 is 14.3 Å². The molecule has 0 aromatic heterocycles. The van der Waals surface area contributed by atoms with Gasteiger partial charge in [0.15, 0.2) is 6.61 Å². The van der Waals surface area contributed by atoms with Crippen LogP contribution >= 0.6 is 27.7 Å². The van der Waals surface area contributed by atoms with Crippen LogP contribution in [0, 0.1) is 0 Å². The van der Waals surface area contributed by atoms with Gasteiger partial charge in [-0.15, -0.1) is 11.8 Å². The highest BCUT2D eigenvalue weighted by atomic mass is 79.9. The lowest BCUT2D eigenvalue weighted by atomic mass is 9.97. The highest BCUT2D eigenvalue weighted by molar-refractivity contribution is 9.10. The number of carbonyl (C=O) groups excluding carboxylic acids is 2. The van der Waals surface area contributed by atoms with Crippen molar-refractivity contribution in [3.63, 3.8) is 0 Å². The maximum Gasteiger partial charge on any atom is 0.316 e. The number of likely N-dealkylation sites (tertiary alicyclic amines) is 1. The van der Waals surface area contributed by atoms with Gasteiger partial charge in [-0.05, 0) is 65.9 Å². The molecule has 0 radical (unpaired) electrons. The van der Waals surface area contributed by atoms with Gasteiger partial charge in [-0.25, -0.2) is 0 Å². The Morgan fingerprint density at radius 2 is 1.85 bits per heavy atom. The fraction of sp³-hybridized carbons (Fsp3) is 0.429. The average Bonchev–Trinajstić information content (AvgIpc) is 2.66. The SMILES string of the molecule is C[C@@H]1CCC[C@@H](C)N1C(=O)COC(=O)CSc1ccc2ccccc2c1Br. The number of amides is 1. The number of fused-ring (bicyclic) bond motifs is 1. The number of benzene rings is 2. The number of halogens is 1. The van der Waals surface area contributed by atoms with Crippen LogP contribution in [0.4, 0.5) is 0 Å². The Labute approximate surface area is 172 Å². The van der Waals surface area contributed by atoms with E-state index in [1.54, 1.807) is 0 Å². The fourth-order valence-corrected chi connectivity index (χ4v) is 5.23. The van der Waals surface area contributed by atoms with Gasteiger partial charge in [-0.3, -0.25) is 9.59 Å². The van der Waals surface area contributed by atoms with Crippen molar-refractivity contribution in [3.8, 4) is 0 Å². The minimum absolute atomic E-state index is 0.0973. The molecular weight excluding hydrogens is 426 g/mol. The smallest absolute Gasteiger partial charge is 0.316 e. The van der Waals surface area contributed by atoms with Crippen molar-refractivity contribution in [1.29, 1.82) is 0 Å². The van der Waals surface area contributed by atoms with Crippen molar-refractivity contribution in [1.82, 2.24) is 4.90 Å². The standard InChI is InChI=1S/C21H24BrNO3S/c1-14-6-5-7-15(2)23(14)19(24)12-26-20(25)13-27-18-11-10-16-8-3-4-9-17(16)21(18)22/h3-4,8-11,14-15H,5-7,12-13H2,1-2H3/t14-,15-/m1/s1. The molecule has 0 saturated carbocycles. The molecule has 0 bridgehead atoms. The van der Waals surface area contributed by atoms with Crippen LogP contribution in [0.5, 0.6) is 0 Å². The summed E-state index contributed by atoms with van der Waals surface area (Å²) in [4.78, 5) is 27.4. The number of rotatable bonds is 5. The minimum atomic E-state index is -0.370. The normalized spacial score (nSPS) is 19.9. The summed E-state index contributed by atoms with van der Waals surface area (Å²) in [5.74, 6) is -0.291. The van der Waals surface area contributed by atoms with Gasteiger partial charge in [-0.1, -0.05) is 30.3 Å². The van der Waals surface area contributed by atoms with Crippen LogP contribution in [-0.2, 0) is 14.3 Å². The van der Waals surface area contributed by atoms with E-state index in [2.05, 4.69) is 35.8 Å². The lowest BCUT2D eigenvalue weighted by Gasteiger charge is -2.38. The fourth-order valence-electron chi connectivity index (χ4n) is 3.63. The number of thioether (sulfide) groups is 1. The molecule has 2 atom stereocenters. The van der Waals surface area contributed by atoms with Crippen LogP contribution in [0.1, 0.15) is 33.1 Å². The lowest BCUT2D eigenvalue weighted by molar-refractivity contribution is -0.153. The predicted molar refractivity (Wildman–Crippen MR) is 113 cm³/mol. The molecule has 6 heteroatoms. The molecule has 144 valence electrons. The van der Waals surface area contributed by atoms with E-state index in [-0.39, 0.29) is 36.3 Å². The average molecular weight is 450 g/mol. The van der Waals surface area contributed by atoms with Crippen molar-refractivity contribution in [3.05, 3.63) is 40.9 Å². The lowest BCUT2D eigenvalue weighted by Crippen LogP contribution is -2.49. The zero-order chi connectivity index (χ0) is 19.4. The van der Waals surface area contributed by atoms with Gasteiger partial charge in [0.2, 0.25) is 0 Å². The Bertz CT molecular complexity index is 831. The summed E-state index contributed by atoms with van der Waals surface area (Å²) in [6.45, 7) is 3.94. The first-order valence-electron chi connectivity index (χ1n) is 9.24. The van der Waals surface area contributed by atoms with E-state index >= 15 is 0 Å². The van der Waals surface area contributed by atoms with E-state index in [0.29, 0.717) is 0 Å². The topological polar surface area (TPSA) is 46.6 Å². The molecule has 0 aliphatic carbocycles. The Hall–Kier alpha value is -1.53. The van der Waals surface area contributed by atoms with E-state index in [0.717, 1.165) is 39.4 Å². The summed E-state index contributed by atoms with van der Waals surface area (Å²) in [5.41, 5.74) is 0.